The number of H-pyrrole nitrogens is 1. The molecule has 0 amide bonds. The molecular formula is C13H21N5. The third kappa shape index (κ3) is 1.67. The lowest BCUT2D eigenvalue weighted by molar-refractivity contribution is -0.0423. The van der Waals surface area contributed by atoms with Gasteiger partial charge in [0.15, 0.2) is 5.82 Å². The van der Waals surface area contributed by atoms with E-state index in [0.717, 1.165) is 36.0 Å². The van der Waals surface area contributed by atoms with Gasteiger partial charge in [-0.3, -0.25) is 0 Å². The van der Waals surface area contributed by atoms with Gasteiger partial charge in [-0.2, -0.15) is 5.21 Å². The summed E-state index contributed by atoms with van der Waals surface area (Å²) in [5, 5.41) is 14.2. The molecule has 4 aliphatic rings. The molecule has 5 nitrogen and oxygen atoms in total. The van der Waals surface area contributed by atoms with Crippen LogP contribution in [0.15, 0.2) is 0 Å². The summed E-state index contributed by atoms with van der Waals surface area (Å²) in [5.41, 5.74) is 6.23. The van der Waals surface area contributed by atoms with Crippen LogP contribution in [0, 0.1) is 29.6 Å². The maximum atomic E-state index is 6.23. The summed E-state index contributed by atoms with van der Waals surface area (Å²) in [4.78, 5) is 0. The fourth-order valence-corrected chi connectivity index (χ4v) is 5.15. The molecule has 0 spiro atoms. The maximum absolute atomic E-state index is 6.23. The number of nitrogens with two attached hydrogens (primary N) is 1. The molecular weight excluding hydrogens is 226 g/mol. The van der Waals surface area contributed by atoms with Crippen molar-refractivity contribution in [2.24, 2.45) is 35.3 Å². The van der Waals surface area contributed by atoms with E-state index in [2.05, 4.69) is 20.6 Å². The van der Waals surface area contributed by atoms with E-state index in [9.17, 15) is 0 Å². The number of aromatic nitrogens is 4. The smallest absolute Gasteiger partial charge is 0.191 e. The minimum Gasteiger partial charge on any atom is -0.321 e. The summed E-state index contributed by atoms with van der Waals surface area (Å²) in [6, 6.07) is -0.0359. The van der Waals surface area contributed by atoms with Crippen LogP contribution in [0.1, 0.15) is 50.4 Å². The number of nitrogens with one attached hydrogen (secondary N) is 1. The Bertz CT molecular complexity index is 387. The van der Waals surface area contributed by atoms with Crippen LogP contribution in [0.5, 0.6) is 0 Å². The first-order chi connectivity index (χ1) is 8.79. The molecule has 0 aliphatic heterocycles. The quantitative estimate of drug-likeness (QED) is 0.851. The van der Waals surface area contributed by atoms with E-state index >= 15 is 0 Å². The molecule has 18 heavy (non-hydrogen) atoms. The van der Waals surface area contributed by atoms with Gasteiger partial charge in [0.1, 0.15) is 0 Å². The van der Waals surface area contributed by atoms with Crippen LogP contribution in [0.3, 0.4) is 0 Å². The molecule has 1 unspecified atom stereocenters. The van der Waals surface area contributed by atoms with Gasteiger partial charge in [0, 0.05) is 0 Å². The average molecular weight is 247 g/mol. The van der Waals surface area contributed by atoms with Crippen molar-refractivity contribution in [1.82, 2.24) is 20.6 Å². The van der Waals surface area contributed by atoms with Crippen LogP contribution in [0.2, 0.25) is 0 Å². The SMILES string of the molecule is NC(CC1C2CC3CC(C2)CC1C3)c1nn[nH]n1. The summed E-state index contributed by atoms with van der Waals surface area (Å²) in [6.07, 6.45) is 8.38. The Balaban J connectivity index is 1.49. The lowest BCUT2D eigenvalue weighted by Crippen LogP contribution is -2.45. The summed E-state index contributed by atoms with van der Waals surface area (Å²) in [5.74, 6) is 5.42. The zero-order chi connectivity index (χ0) is 12.1. The van der Waals surface area contributed by atoms with E-state index in [4.69, 9.17) is 5.73 Å². The minimum absolute atomic E-state index is 0.0359. The molecule has 4 saturated carbocycles. The Morgan fingerprint density at radius 1 is 1.11 bits per heavy atom. The molecule has 4 aliphatic carbocycles. The van der Waals surface area contributed by atoms with Crippen molar-refractivity contribution < 1.29 is 0 Å². The van der Waals surface area contributed by atoms with Gasteiger partial charge in [-0.1, -0.05) is 5.21 Å². The van der Waals surface area contributed by atoms with Crippen molar-refractivity contribution in [1.29, 1.82) is 0 Å². The number of nitrogens with zero attached hydrogens (tertiary/aromatic N) is 3. The Morgan fingerprint density at radius 3 is 2.33 bits per heavy atom. The van der Waals surface area contributed by atoms with E-state index in [0.29, 0.717) is 5.82 Å². The van der Waals surface area contributed by atoms with E-state index in [1.54, 1.807) is 0 Å². The standard InChI is InChI=1S/C13H21N5/c14-12(13-15-17-18-16-13)6-11-9-2-7-1-8(4-9)5-10(11)3-7/h7-12H,1-6,14H2,(H,15,16,17,18). The lowest BCUT2D eigenvalue weighted by Gasteiger charge is -2.55. The third-order valence-corrected chi connectivity index (χ3v) is 5.64. The van der Waals surface area contributed by atoms with Gasteiger partial charge in [-0.05, 0) is 68.1 Å². The Kier molecular flexibility index (Phi) is 2.43. The van der Waals surface area contributed by atoms with Crippen LogP contribution in [-0.2, 0) is 0 Å². The molecule has 5 heteroatoms. The lowest BCUT2D eigenvalue weighted by atomic mass is 9.51. The van der Waals surface area contributed by atoms with Crippen LogP contribution in [0.4, 0.5) is 0 Å². The van der Waals surface area contributed by atoms with Gasteiger partial charge in [0.25, 0.3) is 0 Å². The zero-order valence-corrected chi connectivity index (χ0v) is 10.6. The zero-order valence-electron chi connectivity index (χ0n) is 10.6. The van der Waals surface area contributed by atoms with Gasteiger partial charge in [-0.15, -0.1) is 10.2 Å². The van der Waals surface area contributed by atoms with Crippen molar-refractivity contribution in [2.45, 2.75) is 44.6 Å². The first-order valence-corrected chi connectivity index (χ1v) is 7.28. The fraction of sp³-hybridized carbons (Fsp3) is 0.923. The van der Waals surface area contributed by atoms with Gasteiger partial charge in [-0.25, -0.2) is 0 Å². The van der Waals surface area contributed by atoms with Crippen LogP contribution in [0.25, 0.3) is 0 Å². The molecule has 1 heterocycles. The van der Waals surface area contributed by atoms with Crippen LogP contribution in [-0.4, -0.2) is 20.6 Å². The molecule has 4 bridgehead atoms. The van der Waals surface area contributed by atoms with Crippen LogP contribution >= 0.6 is 0 Å². The number of hydrogen-bond donors (Lipinski definition) is 2. The Morgan fingerprint density at radius 2 is 1.78 bits per heavy atom. The molecule has 98 valence electrons. The molecule has 4 fully saturated rings. The molecule has 1 atom stereocenters. The molecule has 5 rings (SSSR count). The van der Waals surface area contributed by atoms with E-state index in [-0.39, 0.29) is 6.04 Å². The van der Waals surface area contributed by atoms with Gasteiger partial charge < -0.3 is 5.73 Å². The molecule has 0 aromatic carbocycles. The first kappa shape index (κ1) is 10.9. The maximum Gasteiger partial charge on any atom is 0.191 e. The predicted octanol–water partition coefficient (Wildman–Crippen LogP) is 1.66. The monoisotopic (exact) mass is 247 g/mol. The van der Waals surface area contributed by atoms with Gasteiger partial charge in [0.2, 0.25) is 0 Å². The molecule has 1 aromatic rings. The molecule has 0 saturated heterocycles. The second-order valence-corrected chi connectivity index (χ2v) is 6.71. The van der Waals surface area contributed by atoms with Gasteiger partial charge in [0.05, 0.1) is 6.04 Å². The highest BCUT2D eigenvalue weighted by Gasteiger charge is 2.48. The normalized spacial score (nSPS) is 43.3. The van der Waals surface area contributed by atoms with E-state index < -0.39 is 0 Å². The molecule has 3 N–H and O–H groups in total. The summed E-state index contributed by atoms with van der Waals surface area (Å²) >= 11 is 0. The van der Waals surface area contributed by atoms with Crippen molar-refractivity contribution in [3.63, 3.8) is 0 Å². The number of hydrogen-bond acceptors (Lipinski definition) is 4. The summed E-state index contributed by atoms with van der Waals surface area (Å²) in [7, 11) is 0. The van der Waals surface area contributed by atoms with Crippen LogP contribution < -0.4 is 5.73 Å². The van der Waals surface area contributed by atoms with E-state index in [1.165, 1.54) is 32.1 Å². The Labute approximate surface area is 107 Å². The second kappa shape index (κ2) is 4.02. The number of aromatic amines is 1. The third-order valence-electron chi connectivity index (χ3n) is 5.64. The van der Waals surface area contributed by atoms with Crippen molar-refractivity contribution in [3.8, 4) is 0 Å². The highest BCUT2D eigenvalue weighted by molar-refractivity contribution is 5.00. The highest BCUT2D eigenvalue weighted by atomic mass is 15.5. The van der Waals surface area contributed by atoms with Gasteiger partial charge >= 0.3 is 0 Å². The highest BCUT2D eigenvalue weighted by Crippen LogP contribution is 2.57. The first-order valence-electron chi connectivity index (χ1n) is 7.28. The van der Waals surface area contributed by atoms with Crippen molar-refractivity contribution >= 4 is 0 Å². The largest absolute Gasteiger partial charge is 0.321 e. The molecule has 1 aromatic heterocycles. The number of tetrazole rings is 1. The average Bonchev–Trinajstić information content (AvgIpc) is 2.86. The topological polar surface area (TPSA) is 80.5 Å². The predicted molar refractivity (Wildman–Crippen MR) is 66.3 cm³/mol. The van der Waals surface area contributed by atoms with E-state index in [1.807, 2.05) is 0 Å². The Hall–Kier alpha value is -0.970. The molecule has 0 radical (unpaired) electrons. The second-order valence-electron chi connectivity index (χ2n) is 6.71. The number of rotatable bonds is 3. The van der Waals surface area contributed by atoms with Crippen molar-refractivity contribution in [2.75, 3.05) is 0 Å². The summed E-state index contributed by atoms with van der Waals surface area (Å²) < 4.78 is 0. The summed E-state index contributed by atoms with van der Waals surface area (Å²) in [6.45, 7) is 0. The van der Waals surface area contributed by atoms with Crippen molar-refractivity contribution in [3.05, 3.63) is 5.82 Å². The minimum atomic E-state index is -0.0359. The fourth-order valence-electron chi connectivity index (χ4n) is 5.15.